The standard InChI is InChI=1S/C23H21F7N2O5/c1-9-8-31-14(20(34)35-4)7-13(9)32-19(33)18-15(10(2)22(3,37-18)23(28,29)30)11-5-6-12(24)16(25)17(11)36-21(26)27/h5-8,10,15,18,21H,1-4H3,(H,31,32,33)/t10-,15-,18+,22+/m0/s1. The molecule has 0 spiro atoms. The van der Waals surface area contributed by atoms with Gasteiger partial charge in [-0.2, -0.15) is 26.3 Å². The van der Waals surface area contributed by atoms with Gasteiger partial charge in [-0.15, -0.1) is 0 Å². The number of nitrogens with one attached hydrogen (secondary N) is 1. The normalized spacial score (nSPS) is 23.7. The zero-order valence-electron chi connectivity index (χ0n) is 19.8. The van der Waals surface area contributed by atoms with Gasteiger partial charge in [0.05, 0.1) is 7.11 Å². The number of anilines is 1. The van der Waals surface area contributed by atoms with E-state index in [1.807, 2.05) is 0 Å². The molecule has 0 bridgehead atoms. The minimum absolute atomic E-state index is 0.0367. The summed E-state index contributed by atoms with van der Waals surface area (Å²) in [5.74, 6) is -10.2. The summed E-state index contributed by atoms with van der Waals surface area (Å²) in [6.07, 6.45) is -5.88. The number of benzene rings is 1. The van der Waals surface area contributed by atoms with Crippen molar-refractivity contribution in [2.24, 2.45) is 5.92 Å². The fraction of sp³-hybridized carbons (Fsp3) is 0.435. The number of halogens is 7. The van der Waals surface area contributed by atoms with Crippen LogP contribution in [0.2, 0.25) is 0 Å². The first kappa shape index (κ1) is 28.2. The average Bonchev–Trinajstić information content (AvgIpc) is 3.09. The second-order valence-electron chi connectivity index (χ2n) is 8.48. The SMILES string of the molecule is COC(=O)c1cc(NC(=O)[C@@H]2O[C@@](C)(C(F)(F)F)[C@@H](C)[C@H]2c2ccc(F)c(F)c2OC(F)F)c(C)cn1. The quantitative estimate of drug-likeness (QED) is 0.405. The summed E-state index contributed by atoms with van der Waals surface area (Å²) in [5.41, 5.74) is -3.57. The molecular weight excluding hydrogens is 517 g/mol. The Morgan fingerprint density at radius 1 is 1.22 bits per heavy atom. The molecule has 1 aromatic heterocycles. The number of rotatable bonds is 6. The number of aryl methyl sites for hydroxylation is 1. The zero-order chi connectivity index (χ0) is 27.9. The molecule has 1 aliphatic heterocycles. The number of nitrogens with zero attached hydrogens (tertiary/aromatic N) is 1. The number of ether oxygens (including phenoxy) is 3. The fourth-order valence-electron chi connectivity index (χ4n) is 4.12. The molecule has 0 saturated carbocycles. The van der Waals surface area contributed by atoms with Gasteiger partial charge in [-0.1, -0.05) is 13.0 Å². The highest BCUT2D eigenvalue weighted by molar-refractivity contribution is 5.97. The molecule has 0 unspecified atom stereocenters. The topological polar surface area (TPSA) is 86.8 Å². The highest BCUT2D eigenvalue weighted by atomic mass is 19.4. The molecule has 1 aliphatic rings. The van der Waals surface area contributed by atoms with E-state index in [0.717, 1.165) is 26.2 Å². The minimum Gasteiger partial charge on any atom is -0.464 e. The molecule has 4 atom stereocenters. The lowest BCUT2D eigenvalue weighted by molar-refractivity contribution is -0.272. The van der Waals surface area contributed by atoms with Crippen molar-refractivity contribution >= 4 is 17.6 Å². The van der Waals surface area contributed by atoms with Crippen molar-refractivity contribution in [1.82, 2.24) is 4.98 Å². The molecular formula is C23H21F7N2O5. The molecule has 1 saturated heterocycles. The Hall–Kier alpha value is -3.42. The number of alkyl halides is 5. The molecule has 202 valence electrons. The van der Waals surface area contributed by atoms with Crippen LogP contribution in [0.4, 0.5) is 36.4 Å². The number of carbonyl (C=O) groups excluding carboxylic acids is 2. The maximum atomic E-state index is 14.5. The third-order valence-corrected chi connectivity index (χ3v) is 6.33. The van der Waals surface area contributed by atoms with E-state index in [1.165, 1.54) is 13.1 Å². The fourth-order valence-corrected chi connectivity index (χ4v) is 4.12. The lowest BCUT2D eigenvalue weighted by Gasteiger charge is -2.32. The number of aromatic nitrogens is 1. The van der Waals surface area contributed by atoms with Crippen molar-refractivity contribution in [1.29, 1.82) is 0 Å². The van der Waals surface area contributed by atoms with E-state index in [-0.39, 0.29) is 11.4 Å². The second-order valence-corrected chi connectivity index (χ2v) is 8.48. The van der Waals surface area contributed by atoms with Gasteiger partial charge in [0.15, 0.2) is 17.2 Å². The van der Waals surface area contributed by atoms with Crippen LogP contribution < -0.4 is 10.1 Å². The minimum atomic E-state index is -5.05. The Labute approximate surface area is 205 Å². The Kier molecular flexibility index (Phi) is 7.72. The van der Waals surface area contributed by atoms with Crippen molar-refractivity contribution in [2.45, 2.75) is 51.2 Å². The highest BCUT2D eigenvalue weighted by Gasteiger charge is 2.66. The summed E-state index contributed by atoms with van der Waals surface area (Å²) in [6, 6.07) is 2.39. The summed E-state index contributed by atoms with van der Waals surface area (Å²) in [4.78, 5) is 28.9. The molecule has 2 heterocycles. The van der Waals surface area contributed by atoms with Crippen LogP contribution in [0.1, 0.15) is 41.4 Å². The van der Waals surface area contributed by atoms with E-state index >= 15 is 0 Å². The molecule has 7 nitrogen and oxygen atoms in total. The lowest BCUT2D eigenvalue weighted by atomic mass is 9.77. The number of carbonyl (C=O) groups is 2. The van der Waals surface area contributed by atoms with Gasteiger partial charge in [-0.05, 0) is 31.5 Å². The van der Waals surface area contributed by atoms with Gasteiger partial charge in [-0.25, -0.2) is 14.2 Å². The molecule has 1 amide bonds. The van der Waals surface area contributed by atoms with Crippen LogP contribution in [0.5, 0.6) is 5.75 Å². The van der Waals surface area contributed by atoms with Crippen molar-refractivity contribution in [3.8, 4) is 5.75 Å². The number of methoxy groups -OCH3 is 1. The van der Waals surface area contributed by atoms with Crippen LogP contribution in [-0.4, -0.2) is 48.5 Å². The molecule has 1 fully saturated rings. The molecule has 0 aliphatic carbocycles. The molecule has 14 heteroatoms. The third kappa shape index (κ3) is 5.20. The molecule has 37 heavy (non-hydrogen) atoms. The molecule has 2 aromatic rings. The average molecular weight is 538 g/mol. The van der Waals surface area contributed by atoms with Crippen LogP contribution in [0.25, 0.3) is 0 Å². The zero-order valence-corrected chi connectivity index (χ0v) is 19.8. The highest BCUT2D eigenvalue weighted by Crippen LogP contribution is 2.55. The smallest absolute Gasteiger partial charge is 0.417 e. The summed E-state index contributed by atoms with van der Waals surface area (Å²) >= 11 is 0. The Morgan fingerprint density at radius 3 is 2.43 bits per heavy atom. The van der Waals surface area contributed by atoms with Gasteiger partial charge in [0.2, 0.25) is 5.82 Å². The maximum Gasteiger partial charge on any atom is 0.417 e. The van der Waals surface area contributed by atoms with Crippen LogP contribution in [0, 0.1) is 24.5 Å². The van der Waals surface area contributed by atoms with Crippen molar-refractivity contribution in [3.05, 3.63) is 52.9 Å². The van der Waals surface area contributed by atoms with Crippen LogP contribution in [-0.2, 0) is 14.3 Å². The first-order valence-electron chi connectivity index (χ1n) is 10.7. The van der Waals surface area contributed by atoms with E-state index in [4.69, 9.17) is 4.74 Å². The molecule has 3 rings (SSSR count). The van der Waals surface area contributed by atoms with Crippen molar-refractivity contribution < 1.29 is 54.5 Å². The van der Waals surface area contributed by atoms with Crippen LogP contribution >= 0.6 is 0 Å². The van der Waals surface area contributed by atoms with Crippen LogP contribution in [0.3, 0.4) is 0 Å². The number of hydrogen-bond donors (Lipinski definition) is 1. The summed E-state index contributed by atoms with van der Waals surface area (Å²) in [5, 5.41) is 2.33. The Balaban J connectivity index is 2.12. The van der Waals surface area contributed by atoms with Gasteiger partial charge in [0, 0.05) is 29.3 Å². The number of amides is 1. The van der Waals surface area contributed by atoms with E-state index in [2.05, 4.69) is 19.8 Å². The van der Waals surface area contributed by atoms with E-state index < -0.39 is 71.2 Å². The number of esters is 1. The molecule has 1 N–H and O–H groups in total. The Bertz CT molecular complexity index is 1210. The van der Waals surface area contributed by atoms with Crippen molar-refractivity contribution in [2.75, 3.05) is 12.4 Å². The Morgan fingerprint density at radius 2 is 1.86 bits per heavy atom. The second kappa shape index (κ2) is 10.1. The van der Waals surface area contributed by atoms with Gasteiger partial charge in [-0.3, -0.25) is 4.79 Å². The molecule has 0 radical (unpaired) electrons. The third-order valence-electron chi connectivity index (χ3n) is 6.33. The summed E-state index contributed by atoms with van der Waals surface area (Å²) < 4.78 is 110. The van der Waals surface area contributed by atoms with Gasteiger partial charge in [0.1, 0.15) is 11.8 Å². The summed E-state index contributed by atoms with van der Waals surface area (Å²) in [7, 11) is 1.08. The first-order valence-corrected chi connectivity index (χ1v) is 10.7. The monoisotopic (exact) mass is 538 g/mol. The molecule has 1 aromatic carbocycles. The van der Waals surface area contributed by atoms with E-state index in [0.29, 0.717) is 18.6 Å². The van der Waals surface area contributed by atoms with Gasteiger partial charge in [0.25, 0.3) is 5.91 Å². The first-order chi connectivity index (χ1) is 17.1. The van der Waals surface area contributed by atoms with Gasteiger partial charge >= 0.3 is 18.8 Å². The van der Waals surface area contributed by atoms with Crippen molar-refractivity contribution in [3.63, 3.8) is 0 Å². The predicted molar refractivity (Wildman–Crippen MR) is 113 cm³/mol. The number of pyridine rings is 1. The largest absolute Gasteiger partial charge is 0.464 e. The summed E-state index contributed by atoms with van der Waals surface area (Å²) in [6.45, 7) is -0.488. The van der Waals surface area contributed by atoms with E-state index in [9.17, 15) is 40.3 Å². The van der Waals surface area contributed by atoms with E-state index in [1.54, 1.807) is 0 Å². The van der Waals surface area contributed by atoms with Crippen LogP contribution in [0.15, 0.2) is 24.4 Å². The lowest BCUT2D eigenvalue weighted by Crippen LogP contribution is -2.47. The number of hydrogen-bond acceptors (Lipinski definition) is 6. The van der Waals surface area contributed by atoms with Gasteiger partial charge < -0.3 is 19.5 Å². The maximum absolute atomic E-state index is 14.5. The predicted octanol–water partition coefficient (Wildman–Crippen LogP) is 5.13.